The lowest BCUT2D eigenvalue weighted by atomic mass is 10.00. The number of nitriles is 1. The third-order valence-corrected chi connectivity index (χ3v) is 4.95. The molecule has 0 spiro atoms. The molecular formula is C17H17ClN6O3S. The number of aromatic amines is 1. The molecule has 0 aliphatic carbocycles. The summed E-state index contributed by atoms with van der Waals surface area (Å²) in [7, 11) is 0. The van der Waals surface area contributed by atoms with Crippen LogP contribution in [0.15, 0.2) is 39.2 Å². The van der Waals surface area contributed by atoms with E-state index in [0.29, 0.717) is 5.56 Å². The number of nitrogens with zero attached hydrogens (tertiary/aromatic N) is 2. The molecule has 2 aromatic rings. The van der Waals surface area contributed by atoms with Crippen molar-refractivity contribution in [3.8, 4) is 17.2 Å². The zero-order chi connectivity index (χ0) is 20.7. The van der Waals surface area contributed by atoms with E-state index < -0.39 is 11.5 Å². The Hall–Kier alpha value is -3.00. The predicted octanol–water partition coefficient (Wildman–Crippen LogP) is 1.57. The number of carbonyl (C=O) groups is 1. The fourth-order valence-electron chi connectivity index (χ4n) is 2.32. The molecule has 6 N–H and O–H groups in total. The molecular weight excluding hydrogens is 404 g/mol. The summed E-state index contributed by atoms with van der Waals surface area (Å²) in [6.07, 6.45) is 0. The first-order chi connectivity index (χ1) is 13.5. The summed E-state index contributed by atoms with van der Waals surface area (Å²) in [4.78, 5) is 26.9. The standard InChI is InChI=1S/C17H17ClN6O3S/c1-2-27-17(26)10-5-3-4-9(6-10)13-11(7-19)16(22-15(25)14(13)18)28-8-12(23-20)24-21/h3-6H,2,8,20-21H2,1H3,(H,22,25)(H,23,24). The number of halogens is 1. The lowest BCUT2D eigenvalue weighted by Crippen LogP contribution is -2.33. The summed E-state index contributed by atoms with van der Waals surface area (Å²) >= 11 is 7.30. The van der Waals surface area contributed by atoms with Crippen LogP contribution in [0.5, 0.6) is 0 Å². The van der Waals surface area contributed by atoms with Crippen molar-refractivity contribution < 1.29 is 9.53 Å². The number of hydrazone groups is 1. The predicted molar refractivity (Wildman–Crippen MR) is 108 cm³/mol. The number of nitrogens with one attached hydrogen (secondary N) is 2. The monoisotopic (exact) mass is 420 g/mol. The summed E-state index contributed by atoms with van der Waals surface area (Å²) < 4.78 is 4.99. The van der Waals surface area contributed by atoms with Gasteiger partial charge in [-0.15, -0.1) is 0 Å². The second kappa shape index (κ2) is 9.80. The van der Waals surface area contributed by atoms with Crippen molar-refractivity contribution in [2.45, 2.75) is 11.9 Å². The molecule has 0 bridgehead atoms. The minimum Gasteiger partial charge on any atom is -0.462 e. The Kier molecular flexibility index (Phi) is 7.45. The number of esters is 1. The number of pyridine rings is 1. The van der Waals surface area contributed by atoms with Gasteiger partial charge in [0.05, 0.1) is 28.5 Å². The van der Waals surface area contributed by atoms with E-state index in [2.05, 4.69) is 15.5 Å². The number of benzene rings is 1. The van der Waals surface area contributed by atoms with Crippen LogP contribution in [0.4, 0.5) is 0 Å². The average molecular weight is 421 g/mol. The van der Waals surface area contributed by atoms with Crippen LogP contribution in [0.25, 0.3) is 11.1 Å². The topological polar surface area (TPSA) is 159 Å². The molecule has 0 fully saturated rings. The lowest BCUT2D eigenvalue weighted by molar-refractivity contribution is 0.0526. The van der Waals surface area contributed by atoms with E-state index in [0.717, 1.165) is 11.8 Å². The van der Waals surface area contributed by atoms with Crippen LogP contribution in [0.3, 0.4) is 0 Å². The lowest BCUT2D eigenvalue weighted by Gasteiger charge is -2.12. The number of thioether (sulfide) groups is 1. The summed E-state index contributed by atoms with van der Waals surface area (Å²) in [6, 6.07) is 8.40. The van der Waals surface area contributed by atoms with Crippen molar-refractivity contribution in [2.75, 3.05) is 12.4 Å². The van der Waals surface area contributed by atoms with Gasteiger partial charge in [0.15, 0.2) is 0 Å². The Bertz CT molecular complexity index is 1010. The SMILES string of the molecule is CCOC(=O)c1cccc(-c2c(C#N)c(SC/C(=N/N)NN)[nH]c(=O)c2Cl)c1. The highest BCUT2D eigenvalue weighted by molar-refractivity contribution is 8.00. The molecule has 0 amide bonds. The van der Waals surface area contributed by atoms with Crippen molar-refractivity contribution in [2.24, 2.45) is 16.8 Å². The number of ether oxygens (including phenoxy) is 1. The van der Waals surface area contributed by atoms with Gasteiger partial charge in [0.1, 0.15) is 16.9 Å². The minimum absolute atomic E-state index is 0.143. The highest BCUT2D eigenvalue weighted by Gasteiger charge is 2.20. The maximum absolute atomic E-state index is 12.3. The number of hydrogen-bond acceptors (Lipinski definition) is 8. The van der Waals surface area contributed by atoms with Crippen LogP contribution in [0.1, 0.15) is 22.8 Å². The molecule has 0 radical (unpaired) electrons. The number of H-pyrrole nitrogens is 1. The van der Waals surface area contributed by atoms with Gasteiger partial charge < -0.3 is 21.0 Å². The quantitative estimate of drug-likeness (QED) is 0.137. The van der Waals surface area contributed by atoms with Crippen molar-refractivity contribution >= 4 is 35.2 Å². The van der Waals surface area contributed by atoms with E-state index in [1.54, 1.807) is 25.1 Å². The number of hydrogen-bond donors (Lipinski definition) is 4. The highest BCUT2D eigenvalue weighted by atomic mass is 35.5. The van der Waals surface area contributed by atoms with Crippen LogP contribution >= 0.6 is 23.4 Å². The summed E-state index contributed by atoms with van der Waals surface area (Å²) in [5.41, 5.74) is 2.81. The number of amidine groups is 1. The van der Waals surface area contributed by atoms with E-state index in [4.69, 9.17) is 28.0 Å². The van der Waals surface area contributed by atoms with E-state index in [1.807, 2.05) is 6.07 Å². The van der Waals surface area contributed by atoms with Crippen molar-refractivity contribution in [3.05, 3.63) is 50.8 Å². The van der Waals surface area contributed by atoms with Crippen LogP contribution in [-0.2, 0) is 4.74 Å². The third-order valence-electron chi connectivity index (χ3n) is 3.57. The Labute approximate surface area is 169 Å². The smallest absolute Gasteiger partial charge is 0.338 e. The fraction of sp³-hybridized carbons (Fsp3) is 0.176. The van der Waals surface area contributed by atoms with Gasteiger partial charge in [0.25, 0.3) is 5.56 Å². The molecule has 11 heteroatoms. The third kappa shape index (κ3) is 4.64. The first-order valence-corrected chi connectivity index (χ1v) is 9.32. The van der Waals surface area contributed by atoms with E-state index >= 15 is 0 Å². The van der Waals surface area contributed by atoms with Crippen molar-refractivity contribution in [1.29, 1.82) is 5.26 Å². The maximum atomic E-state index is 12.3. The molecule has 28 heavy (non-hydrogen) atoms. The zero-order valence-electron chi connectivity index (χ0n) is 14.8. The molecule has 1 aromatic heterocycles. The largest absolute Gasteiger partial charge is 0.462 e. The van der Waals surface area contributed by atoms with Crippen LogP contribution in [0.2, 0.25) is 5.02 Å². The second-order valence-electron chi connectivity index (χ2n) is 5.27. The number of carbonyl (C=O) groups excluding carboxylic acids is 1. The average Bonchev–Trinajstić information content (AvgIpc) is 2.71. The first-order valence-electron chi connectivity index (χ1n) is 7.96. The number of nitrogens with two attached hydrogens (primary N) is 2. The molecule has 0 atom stereocenters. The summed E-state index contributed by atoms with van der Waals surface area (Å²) in [6.45, 7) is 1.92. The van der Waals surface area contributed by atoms with Crippen LogP contribution in [-0.4, -0.2) is 29.1 Å². The van der Waals surface area contributed by atoms with Crippen molar-refractivity contribution in [1.82, 2.24) is 10.4 Å². The van der Waals surface area contributed by atoms with E-state index in [9.17, 15) is 14.9 Å². The molecule has 146 valence electrons. The molecule has 0 unspecified atom stereocenters. The highest BCUT2D eigenvalue weighted by Crippen LogP contribution is 2.34. The van der Waals surface area contributed by atoms with E-state index in [1.165, 1.54) is 6.07 Å². The molecule has 0 aliphatic rings. The van der Waals surface area contributed by atoms with Gasteiger partial charge in [-0.25, -0.2) is 10.6 Å². The summed E-state index contributed by atoms with van der Waals surface area (Å²) in [5, 5.41) is 13.2. The molecule has 2 rings (SSSR count). The van der Waals surface area contributed by atoms with Crippen molar-refractivity contribution in [3.63, 3.8) is 0 Å². The number of hydrazine groups is 1. The Morgan fingerprint density at radius 1 is 1.50 bits per heavy atom. The number of aromatic nitrogens is 1. The Morgan fingerprint density at radius 3 is 2.86 bits per heavy atom. The molecule has 1 aromatic carbocycles. The molecule has 1 heterocycles. The zero-order valence-corrected chi connectivity index (χ0v) is 16.4. The van der Waals surface area contributed by atoms with Gasteiger partial charge in [-0.05, 0) is 24.6 Å². The molecule has 0 saturated heterocycles. The number of rotatable bonds is 6. The molecule has 0 aliphatic heterocycles. The Morgan fingerprint density at radius 2 is 2.25 bits per heavy atom. The van der Waals surface area contributed by atoms with Gasteiger partial charge in [-0.1, -0.05) is 35.5 Å². The van der Waals surface area contributed by atoms with Crippen LogP contribution in [0, 0.1) is 11.3 Å². The van der Waals surface area contributed by atoms with Crippen LogP contribution < -0.4 is 22.7 Å². The minimum atomic E-state index is -0.577. The van der Waals surface area contributed by atoms with Gasteiger partial charge >= 0.3 is 5.97 Å². The second-order valence-corrected chi connectivity index (χ2v) is 6.63. The molecule has 0 saturated carbocycles. The normalized spacial score (nSPS) is 11.0. The summed E-state index contributed by atoms with van der Waals surface area (Å²) in [5.74, 6) is 10.4. The molecule has 9 nitrogen and oxygen atoms in total. The van der Waals surface area contributed by atoms with E-state index in [-0.39, 0.29) is 44.9 Å². The van der Waals surface area contributed by atoms with Gasteiger partial charge in [-0.2, -0.15) is 10.4 Å². The fourth-order valence-corrected chi connectivity index (χ4v) is 3.46. The first kappa shape index (κ1) is 21.3. The Balaban J connectivity index is 2.58. The van der Waals surface area contributed by atoms with Gasteiger partial charge in [0, 0.05) is 5.56 Å². The van der Waals surface area contributed by atoms with Gasteiger partial charge in [-0.3, -0.25) is 4.79 Å². The van der Waals surface area contributed by atoms with Gasteiger partial charge in [0.2, 0.25) is 0 Å². The maximum Gasteiger partial charge on any atom is 0.338 e.